The molecule has 102 valence electrons. The predicted molar refractivity (Wildman–Crippen MR) is 84.7 cm³/mol. The minimum atomic E-state index is 0.273. The van der Waals surface area contributed by atoms with Crippen LogP contribution in [0.25, 0.3) is 0 Å². The SMILES string of the molecule is CC(Cc1ccccc1)c1cccc(N2C(=N)C2C)c1. The molecule has 2 heteroatoms. The van der Waals surface area contributed by atoms with Crippen LogP contribution in [0.3, 0.4) is 0 Å². The fraction of sp³-hybridized carbons (Fsp3) is 0.278. The van der Waals surface area contributed by atoms with Gasteiger partial charge in [0.2, 0.25) is 0 Å². The third kappa shape index (κ3) is 2.46. The van der Waals surface area contributed by atoms with Crippen molar-refractivity contribution in [1.29, 1.82) is 5.41 Å². The third-order valence-electron chi connectivity index (χ3n) is 4.08. The van der Waals surface area contributed by atoms with E-state index in [0.717, 1.165) is 17.9 Å². The predicted octanol–water partition coefficient (Wildman–Crippen LogP) is 4.22. The molecule has 1 saturated heterocycles. The van der Waals surface area contributed by atoms with Crippen molar-refractivity contribution in [2.45, 2.75) is 32.2 Å². The van der Waals surface area contributed by atoms with E-state index in [2.05, 4.69) is 73.3 Å². The summed E-state index contributed by atoms with van der Waals surface area (Å²) in [6, 6.07) is 19.5. The maximum Gasteiger partial charge on any atom is 0.124 e. The van der Waals surface area contributed by atoms with E-state index in [1.54, 1.807) is 0 Å². The Labute approximate surface area is 120 Å². The zero-order valence-electron chi connectivity index (χ0n) is 12.0. The van der Waals surface area contributed by atoms with E-state index in [1.807, 2.05) is 0 Å². The highest BCUT2D eigenvalue weighted by molar-refractivity contribution is 6.17. The number of nitrogens with zero attached hydrogens (tertiary/aromatic N) is 1. The Morgan fingerprint density at radius 1 is 1.10 bits per heavy atom. The molecule has 0 aliphatic carbocycles. The fourth-order valence-electron chi connectivity index (χ4n) is 2.73. The van der Waals surface area contributed by atoms with Crippen molar-refractivity contribution in [2.75, 3.05) is 4.90 Å². The molecule has 1 aliphatic heterocycles. The molecule has 1 heterocycles. The first-order chi connectivity index (χ1) is 9.66. The lowest BCUT2D eigenvalue weighted by molar-refractivity contribution is 0.759. The fourth-order valence-corrected chi connectivity index (χ4v) is 2.73. The number of benzene rings is 2. The Hall–Kier alpha value is -2.09. The number of anilines is 1. The van der Waals surface area contributed by atoms with Crippen molar-refractivity contribution in [3.05, 3.63) is 65.7 Å². The van der Waals surface area contributed by atoms with Gasteiger partial charge in [-0.25, -0.2) is 0 Å². The molecular weight excluding hydrogens is 244 g/mol. The summed E-state index contributed by atoms with van der Waals surface area (Å²) in [6.07, 6.45) is 1.05. The van der Waals surface area contributed by atoms with Gasteiger partial charge in [0.25, 0.3) is 0 Å². The number of amidine groups is 1. The second-order valence-electron chi connectivity index (χ2n) is 5.62. The molecule has 20 heavy (non-hydrogen) atoms. The topological polar surface area (TPSA) is 26.9 Å². The summed E-state index contributed by atoms with van der Waals surface area (Å²) >= 11 is 0. The van der Waals surface area contributed by atoms with E-state index >= 15 is 0 Å². The average Bonchev–Trinajstić information content (AvgIpc) is 3.07. The normalized spacial score (nSPS) is 19.0. The lowest BCUT2D eigenvalue weighted by Crippen LogP contribution is -2.01. The first-order valence-electron chi connectivity index (χ1n) is 7.18. The van der Waals surface area contributed by atoms with Crippen LogP contribution in [0.4, 0.5) is 5.69 Å². The Kier molecular flexibility index (Phi) is 3.31. The molecular formula is C18H20N2. The van der Waals surface area contributed by atoms with Crippen molar-refractivity contribution in [1.82, 2.24) is 0 Å². The first-order valence-corrected chi connectivity index (χ1v) is 7.18. The van der Waals surface area contributed by atoms with Crippen LogP contribution in [0.15, 0.2) is 54.6 Å². The minimum Gasteiger partial charge on any atom is -0.318 e. The summed E-state index contributed by atoms with van der Waals surface area (Å²) in [5.74, 6) is 1.21. The average molecular weight is 264 g/mol. The molecule has 2 unspecified atom stereocenters. The van der Waals surface area contributed by atoms with E-state index in [-0.39, 0.29) is 6.04 Å². The largest absolute Gasteiger partial charge is 0.318 e. The van der Waals surface area contributed by atoms with Crippen LogP contribution in [0.5, 0.6) is 0 Å². The van der Waals surface area contributed by atoms with Gasteiger partial charge in [0.1, 0.15) is 5.84 Å². The monoisotopic (exact) mass is 264 g/mol. The Balaban J connectivity index is 1.77. The Bertz CT molecular complexity index is 618. The summed E-state index contributed by atoms with van der Waals surface area (Å²) < 4.78 is 0. The third-order valence-corrected chi connectivity index (χ3v) is 4.08. The summed E-state index contributed by atoms with van der Waals surface area (Å²) in [5, 5.41) is 7.80. The number of rotatable bonds is 4. The van der Waals surface area contributed by atoms with Gasteiger partial charge in [-0.1, -0.05) is 49.4 Å². The van der Waals surface area contributed by atoms with Gasteiger partial charge >= 0.3 is 0 Å². The summed E-state index contributed by atoms with van der Waals surface area (Å²) in [7, 11) is 0. The van der Waals surface area contributed by atoms with Crippen LogP contribution < -0.4 is 4.90 Å². The van der Waals surface area contributed by atoms with Crippen LogP contribution in [0.2, 0.25) is 0 Å². The van der Waals surface area contributed by atoms with Gasteiger partial charge in [0, 0.05) is 5.69 Å². The zero-order valence-corrected chi connectivity index (χ0v) is 12.0. The van der Waals surface area contributed by atoms with Crippen LogP contribution in [-0.4, -0.2) is 11.9 Å². The van der Waals surface area contributed by atoms with Crippen LogP contribution in [0, 0.1) is 5.41 Å². The highest BCUT2D eigenvalue weighted by Gasteiger charge is 2.38. The van der Waals surface area contributed by atoms with E-state index in [9.17, 15) is 0 Å². The van der Waals surface area contributed by atoms with Gasteiger partial charge in [0.15, 0.2) is 0 Å². The molecule has 2 atom stereocenters. The van der Waals surface area contributed by atoms with E-state index in [4.69, 9.17) is 5.41 Å². The van der Waals surface area contributed by atoms with Crippen LogP contribution in [0.1, 0.15) is 30.9 Å². The second-order valence-corrected chi connectivity index (χ2v) is 5.62. The number of hydrogen-bond acceptors (Lipinski definition) is 1. The quantitative estimate of drug-likeness (QED) is 0.822. The maximum absolute atomic E-state index is 7.80. The maximum atomic E-state index is 7.80. The van der Waals surface area contributed by atoms with Crippen LogP contribution >= 0.6 is 0 Å². The lowest BCUT2D eigenvalue weighted by atomic mass is 9.93. The summed E-state index contributed by atoms with van der Waals surface area (Å²) in [5.41, 5.74) is 3.87. The molecule has 0 aromatic heterocycles. The molecule has 0 spiro atoms. The zero-order chi connectivity index (χ0) is 14.1. The molecule has 0 saturated carbocycles. The van der Waals surface area contributed by atoms with Crippen molar-refractivity contribution in [3.63, 3.8) is 0 Å². The van der Waals surface area contributed by atoms with Crippen molar-refractivity contribution < 1.29 is 0 Å². The Morgan fingerprint density at radius 3 is 2.45 bits per heavy atom. The molecule has 2 aromatic carbocycles. The summed E-state index contributed by atoms with van der Waals surface area (Å²) in [6.45, 7) is 4.34. The summed E-state index contributed by atoms with van der Waals surface area (Å²) in [4.78, 5) is 2.07. The van der Waals surface area contributed by atoms with Gasteiger partial charge in [-0.05, 0) is 42.5 Å². The number of hydrogen-bond donors (Lipinski definition) is 1. The van der Waals surface area contributed by atoms with Gasteiger partial charge in [-0.2, -0.15) is 0 Å². The second kappa shape index (κ2) is 5.12. The van der Waals surface area contributed by atoms with Gasteiger partial charge in [-0.3, -0.25) is 5.41 Å². The van der Waals surface area contributed by atoms with Crippen molar-refractivity contribution in [2.24, 2.45) is 0 Å². The van der Waals surface area contributed by atoms with Crippen LogP contribution in [-0.2, 0) is 6.42 Å². The molecule has 2 nitrogen and oxygen atoms in total. The smallest absolute Gasteiger partial charge is 0.124 e. The van der Waals surface area contributed by atoms with E-state index in [1.165, 1.54) is 11.1 Å². The standard InChI is InChI=1S/C18H20N2/c1-13(11-15-7-4-3-5-8-15)16-9-6-10-17(12-16)20-14(2)18(20)19/h3-10,12-14,19H,11H2,1-2H3. The first kappa shape index (κ1) is 12.9. The number of nitrogens with one attached hydrogen (secondary N) is 1. The molecule has 2 aromatic rings. The lowest BCUT2D eigenvalue weighted by Gasteiger charge is -2.14. The molecule has 1 aliphatic rings. The molecule has 0 radical (unpaired) electrons. The van der Waals surface area contributed by atoms with Crippen molar-refractivity contribution >= 4 is 11.5 Å². The van der Waals surface area contributed by atoms with E-state index in [0.29, 0.717) is 5.92 Å². The van der Waals surface area contributed by atoms with Gasteiger partial charge in [-0.15, -0.1) is 0 Å². The highest BCUT2D eigenvalue weighted by Crippen LogP contribution is 2.32. The van der Waals surface area contributed by atoms with E-state index < -0.39 is 0 Å². The minimum absolute atomic E-state index is 0.273. The molecule has 1 fully saturated rings. The molecule has 3 rings (SSSR count). The van der Waals surface area contributed by atoms with Crippen molar-refractivity contribution in [3.8, 4) is 0 Å². The highest BCUT2D eigenvalue weighted by atomic mass is 15.4. The van der Waals surface area contributed by atoms with Gasteiger partial charge < -0.3 is 4.90 Å². The van der Waals surface area contributed by atoms with Gasteiger partial charge in [0.05, 0.1) is 6.04 Å². The molecule has 1 N–H and O–H groups in total. The molecule has 0 amide bonds. The molecule has 0 bridgehead atoms. The Morgan fingerprint density at radius 2 is 1.80 bits per heavy atom.